The van der Waals surface area contributed by atoms with Gasteiger partial charge in [-0.2, -0.15) is 0 Å². The summed E-state index contributed by atoms with van der Waals surface area (Å²) in [6, 6.07) is 3.80. The highest BCUT2D eigenvalue weighted by molar-refractivity contribution is 7.80. The van der Waals surface area contributed by atoms with Gasteiger partial charge in [0.1, 0.15) is 5.75 Å². The van der Waals surface area contributed by atoms with Crippen LogP contribution in [-0.2, 0) is 12.8 Å². The topological polar surface area (TPSA) is 20.2 Å². The predicted molar refractivity (Wildman–Crippen MR) is 52.0 cm³/mol. The molecule has 1 aliphatic carbocycles. The van der Waals surface area contributed by atoms with Crippen LogP contribution in [0.3, 0.4) is 0 Å². The van der Waals surface area contributed by atoms with Crippen molar-refractivity contribution in [3.8, 4) is 5.75 Å². The average molecular weight is 180 g/mol. The van der Waals surface area contributed by atoms with Crippen molar-refractivity contribution >= 4 is 12.6 Å². The van der Waals surface area contributed by atoms with Gasteiger partial charge >= 0.3 is 0 Å². The molecular weight excluding hydrogens is 168 g/mol. The molecular formula is C10H12OS. The monoisotopic (exact) mass is 180 g/mol. The second kappa shape index (κ2) is 3.02. The summed E-state index contributed by atoms with van der Waals surface area (Å²) in [4.78, 5) is 0.869. The Morgan fingerprint density at radius 2 is 1.92 bits per heavy atom. The Labute approximate surface area is 77.8 Å². The lowest BCUT2D eigenvalue weighted by Crippen LogP contribution is -2.02. The maximum absolute atomic E-state index is 9.59. The second-order valence-corrected chi connectivity index (χ2v) is 3.83. The van der Waals surface area contributed by atoms with Crippen LogP contribution in [-0.4, -0.2) is 5.11 Å². The third-order valence-corrected chi connectivity index (χ3v) is 2.68. The maximum atomic E-state index is 9.59. The summed E-state index contributed by atoms with van der Waals surface area (Å²) in [7, 11) is 0. The number of fused-ring (bicyclic) bond motifs is 1. The smallest absolute Gasteiger partial charge is 0.120 e. The first-order chi connectivity index (χ1) is 5.77. The predicted octanol–water partition coefficient (Wildman–Crippen LogP) is 2.56. The van der Waals surface area contributed by atoms with Crippen molar-refractivity contribution in [3.63, 3.8) is 0 Å². The van der Waals surface area contributed by atoms with Crippen LogP contribution in [0.1, 0.15) is 24.0 Å². The van der Waals surface area contributed by atoms with Crippen LogP contribution in [0.4, 0.5) is 0 Å². The average Bonchev–Trinajstić information content (AvgIpc) is 2.04. The Morgan fingerprint density at radius 3 is 2.75 bits per heavy atom. The lowest BCUT2D eigenvalue weighted by molar-refractivity contribution is 0.460. The number of phenolic OH excluding ortho intramolecular Hbond substituents is 1. The number of hydrogen-bond acceptors (Lipinski definition) is 2. The van der Waals surface area contributed by atoms with Gasteiger partial charge in [-0.25, -0.2) is 0 Å². The van der Waals surface area contributed by atoms with E-state index in [1.807, 2.05) is 0 Å². The van der Waals surface area contributed by atoms with Crippen LogP contribution in [0.5, 0.6) is 5.75 Å². The van der Waals surface area contributed by atoms with E-state index >= 15 is 0 Å². The molecule has 0 saturated heterocycles. The van der Waals surface area contributed by atoms with E-state index in [1.54, 1.807) is 6.07 Å². The fourth-order valence-electron chi connectivity index (χ4n) is 1.83. The van der Waals surface area contributed by atoms with Crippen LogP contribution in [0.2, 0.25) is 0 Å². The summed E-state index contributed by atoms with van der Waals surface area (Å²) in [6.07, 6.45) is 4.56. The standard InChI is InChI=1S/C10H12OS/c11-10-6-8(12)5-7-3-1-2-4-9(7)10/h5-6,11-12H,1-4H2. The Bertz CT molecular complexity index is 307. The molecule has 64 valence electrons. The minimum atomic E-state index is 0.428. The van der Waals surface area contributed by atoms with Crippen molar-refractivity contribution in [2.24, 2.45) is 0 Å². The van der Waals surface area contributed by atoms with E-state index < -0.39 is 0 Å². The molecule has 1 aromatic rings. The third kappa shape index (κ3) is 1.31. The van der Waals surface area contributed by atoms with Crippen molar-refractivity contribution in [3.05, 3.63) is 23.3 Å². The lowest BCUT2D eigenvalue weighted by Gasteiger charge is -2.16. The van der Waals surface area contributed by atoms with Crippen LogP contribution in [0.25, 0.3) is 0 Å². The molecule has 2 heteroatoms. The Kier molecular flexibility index (Phi) is 2.01. The number of phenols is 1. The normalized spacial score (nSPS) is 15.8. The molecule has 1 aromatic carbocycles. The number of thiol groups is 1. The van der Waals surface area contributed by atoms with E-state index in [0.717, 1.165) is 23.3 Å². The highest BCUT2D eigenvalue weighted by atomic mass is 32.1. The van der Waals surface area contributed by atoms with E-state index in [9.17, 15) is 5.11 Å². The molecule has 1 N–H and O–H groups in total. The molecule has 0 bridgehead atoms. The molecule has 0 amide bonds. The molecule has 0 fully saturated rings. The highest BCUT2D eigenvalue weighted by Gasteiger charge is 2.13. The van der Waals surface area contributed by atoms with E-state index in [0.29, 0.717) is 5.75 Å². The summed E-state index contributed by atoms with van der Waals surface area (Å²) in [5.41, 5.74) is 2.42. The third-order valence-electron chi connectivity index (χ3n) is 2.43. The molecule has 0 heterocycles. The van der Waals surface area contributed by atoms with Gasteiger partial charge in [0.15, 0.2) is 0 Å². The molecule has 0 saturated carbocycles. The van der Waals surface area contributed by atoms with Gasteiger partial charge in [0.05, 0.1) is 0 Å². The van der Waals surface area contributed by atoms with E-state index in [4.69, 9.17) is 0 Å². The molecule has 12 heavy (non-hydrogen) atoms. The van der Waals surface area contributed by atoms with Gasteiger partial charge in [-0.05, 0) is 48.9 Å². The van der Waals surface area contributed by atoms with Crippen molar-refractivity contribution in [2.45, 2.75) is 30.6 Å². The number of rotatable bonds is 0. The Balaban J connectivity index is 2.53. The fourth-order valence-corrected chi connectivity index (χ4v) is 2.11. The first-order valence-corrected chi connectivity index (χ1v) is 4.76. The van der Waals surface area contributed by atoms with Crippen molar-refractivity contribution in [2.75, 3.05) is 0 Å². The summed E-state index contributed by atoms with van der Waals surface area (Å²) in [6.45, 7) is 0. The molecule has 0 aliphatic heterocycles. The number of hydrogen-bond donors (Lipinski definition) is 2. The van der Waals surface area contributed by atoms with Crippen LogP contribution >= 0.6 is 12.6 Å². The lowest BCUT2D eigenvalue weighted by atomic mass is 9.91. The zero-order valence-corrected chi connectivity index (χ0v) is 7.77. The molecule has 0 spiro atoms. The first kappa shape index (κ1) is 7.99. The van der Waals surface area contributed by atoms with Gasteiger partial charge in [0.2, 0.25) is 0 Å². The van der Waals surface area contributed by atoms with Crippen LogP contribution < -0.4 is 0 Å². The Morgan fingerprint density at radius 1 is 1.17 bits per heavy atom. The fraction of sp³-hybridized carbons (Fsp3) is 0.400. The summed E-state index contributed by atoms with van der Waals surface area (Å²) in [5, 5.41) is 9.59. The maximum Gasteiger partial charge on any atom is 0.120 e. The van der Waals surface area contributed by atoms with E-state index in [-0.39, 0.29) is 0 Å². The van der Waals surface area contributed by atoms with Gasteiger partial charge in [-0.15, -0.1) is 12.6 Å². The second-order valence-electron chi connectivity index (χ2n) is 3.31. The zero-order valence-electron chi connectivity index (χ0n) is 6.88. The van der Waals surface area contributed by atoms with E-state index in [2.05, 4.69) is 18.7 Å². The van der Waals surface area contributed by atoms with E-state index in [1.165, 1.54) is 18.4 Å². The molecule has 0 radical (unpaired) electrons. The molecule has 0 atom stereocenters. The van der Waals surface area contributed by atoms with Gasteiger partial charge < -0.3 is 5.11 Å². The Hall–Kier alpha value is -0.630. The summed E-state index contributed by atoms with van der Waals surface area (Å²) in [5.74, 6) is 0.428. The van der Waals surface area contributed by atoms with Crippen molar-refractivity contribution in [1.82, 2.24) is 0 Å². The van der Waals surface area contributed by atoms with Gasteiger partial charge in [-0.3, -0.25) is 0 Å². The molecule has 0 aromatic heterocycles. The molecule has 1 aliphatic rings. The first-order valence-electron chi connectivity index (χ1n) is 4.31. The number of aryl methyl sites for hydroxylation is 1. The SMILES string of the molecule is Oc1cc(S)cc2c1CCCC2. The zero-order chi connectivity index (χ0) is 8.55. The summed E-state index contributed by atoms with van der Waals surface area (Å²) < 4.78 is 0. The van der Waals surface area contributed by atoms with Crippen molar-refractivity contribution < 1.29 is 5.11 Å². The largest absolute Gasteiger partial charge is 0.508 e. The number of aromatic hydroxyl groups is 1. The minimum Gasteiger partial charge on any atom is -0.508 e. The van der Waals surface area contributed by atoms with Crippen LogP contribution in [0, 0.1) is 0 Å². The van der Waals surface area contributed by atoms with Gasteiger partial charge in [0, 0.05) is 4.90 Å². The van der Waals surface area contributed by atoms with Gasteiger partial charge in [0.25, 0.3) is 0 Å². The van der Waals surface area contributed by atoms with Gasteiger partial charge in [-0.1, -0.05) is 0 Å². The quantitative estimate of drug-likeness (QED) is 0.588. The van der Waals surface area contributed by atoms with Crippen LogP contribution in [0.15, 0.2) is 17.0 Å². The molecule has 2 rings (SSSR count). The molecule has 1 nitrogen and oxygen atoms in total. The minimum absolute atomic E-state index is 0.428. The summed E-state index contributed by atoms with van der Waals surface area (Å²) >= 11 is 4.23. The number of benzene rings is 1. The van der Waals surface area contributed by atoms with Crippen molar-refractivity contribution in [1.29, 1.82) is 0 Å². The molecule has 0 unspecified atom stereocenters. The highest BCUT2D eigenvalue weighted by Crippen LogP contribution is 2.31.